The maximum Gasteiger partial charge on any atom is 0.266 e. The number of thioether (sulfide) groups is 2. The third kappa shape index (κ3) is 4.62. The van der Waals surface area contributed by atoms with Crippen molar-refractivity contribution in [3.8, 4) is 11.5 Å². The first-order valence-electron chi connectivity index (χ1n) is 8.45. The van der Waals surface area contributed by atoms with E-state index in [0.29, 0.717) is 37.8 Å². The molecule has 7 nitrogen and oxygen atoms in total. The Kier molecular flexibility index (Phi) is 6.86. The Morgan fingerprint density at radius 2 is 2.18 bits per heavy atom. The molecular weight excluding hydrogens is 420 g/mol. The van der Waals surface area contributed by atoms with Crippen LogP contribution in [0.15, 0.2) is 23.1 Å². The zero-order valence-corrected chi connectivity index (χ0v) is 17.8. The number of hydrogen-bond donors (Lipinski definition) is 2. The quantitative estimate of drug-likeness (QED) is 0.508. The average molecular weight is 441 g/mol. The van der Waals surface area contributed by atoms with Crippen LogP contribution >= 0.6 is 35.7 Å². The maximum atomic E-state index is 12.7. The fraction of sp³-hybridized carbons (Fsp3) is 0.389. The van der Waals surface area contributed by atoms with Crippen molar-refractivity contribution >= 4 is 58.0 Å². The molecule has 0 spiro atoms. The van der Waals surface area contributed by atoms with Crippen molar-refractivity contribution in [3.05, 3.63) is 28.7 Å². The summed E-state index contributed by atoms with van der Waals surface area (Å²) in [6.07, 6.45) is 1.12. The van der Waals surface area contributed by atoms with Gasteiger partial charge < -0.3 is 19.9 Å². The molecular formula is C18H20N2O5S3. The van der Waals surface area contributed by atoms with Gasteiger partial charge in [0.15, 0.2) is 0 Å². The van der Waals surface area contributed by atoms with Gasteiger partial charge in [0.1, 0.15) is 22.4 Å². The van der Waals surface area contributed by atoms with Gasteiger partial charge >= 0.3 is 0 Å². The largest absolute Gasteiger partial charge is 0.497 e. The average Bonchev–Trinajstić information content (AvgIpc) is 3.19. The number of benzene rings is 1. The van der Waals surface area contributed by atoms with Crippen LogP contribution in [0.2, 0.25) is 0 Å². The molecule has 3 rings (SSSR count). The predicted octanol–water partition coefficient (Wildman–Crippen LogP) is 1.50. The molecule has 150 valence electrons. The van der Waals surface area contributed by atoms with E-state index < -0.39 is 6.10 Å². The van der Waals surface area contributed by atoms with Crippen LogP contribution in [0.4, 0.5) is 0 Å². The molecule has 1 aromatic rings. The van der Waals surface area contributed by atoms with Gasteiger partial charge in [-0.25, -0.2) is 0 Å². The van der Waals surface area contributed by atoms with Gasteiger partial charge in [-0.05, 0) is 18.2 Å². The molecule has 0 radical (unpaired) electrons. The first-order chi connectivity index (χ1) is 13.4. The van der Waals surface area contributed by atoms with Gasteiger partial charge in [0, 0.05) is 23.1 Å². The SMILES string of the molecule is COc1ccc(/C=C2/SC(=S)N(CC(=O)N[C@@H]3CSC[C@H]3O)C2=O)c(OC)c1. The van der Waals surface area contributed by atoms with Crippen molar-refractivity contribution in [2.75, 3.05) is 32.3 Å². The highest BCUT2D eigenvalue weighted by atomic mass is 32.2. The molecule has 1 aromatic carbocycles. The molecule has 0 aliphatic carbocycles. The number of methoxy groups -OCH3 is 2. The molecule has 2 N–H and O–H groups in total. The summed E-state index contributed by atoms with van der Waals surface area (Å²) in [6.45, 7) is -0.171. The summed E-state index contributed by atoms with van der Waals surface area (Å²) in [6, 6.07) is 4.99. The predicted molar refractivity (Wildman–Crippen MR) is 115 cm³/mol. The lowest BCUT2D eigenvalue weighted by Gasteiger charge is -2.18. The lowest BCUT2D eigenvalue weighted by Crippen LogP contribution is -2.47. The molecule has 0 unspecified atom stereocenters. The second kappa shape index (κ2) is 9.17. The van der Waals surface area contributed by atoms with E-state index in [9.17, 15) is 14.7 Å². The Bertz CT molecular complexity index is 829. The highest BCUT2D eigenvalue weighted by molar-refractivity contribution is 8.26. The first kappa shape index (κ1) is 21.0. The van der Waals surface area contributed by atoms with Crippen molar-refractivity contribution in [3.63, 3.8) is 0 Å². The Morgan fingerprint density at radius 1 is 1.39 bits per heavy atom. The number of hydrogen-bond acceptors (Lipinski definition) is 8. The monoisotopic (exact) mass is 440 g/mol. The number of ether oxygens (including phenoxy) is 2. The minimum atomic E-state index is -0.567. The molecule has 28 heavy (non-hydrogen) atoms. The van der Waals surface area contributed by atoms with Gasteiger partial charge in [-0.1, -0.05) is 24.0 Å². The molecule has 2 atom stereocenters. The Balaban J connectivity index is 1.71. The van der Waals surface area contributed by atoms with E-state index in [1.165, 1.54) is 12.0 Å². The van der Waals surface area contributed by atoms with Crippen molar-refractivity contribution in [2.24, 2.45) is 0 Å². The van der Waals surface area contributed by atoms with Crippen molar-refractivity contribution < 1.29 is 24.2 Å². The van der Waals surface area contributed by atoms with Crippen molar-refractivity contribution in [2.45, 2.75) is 12.1 Å². The minimum Gasteiger partial charge on any atom is -0.497 e. The molecule has 0 bridgehead atoms. The van der Waals surface area contributed by atoms with E-state index in [-0.39, 0.29) is 24.4 Å². The van der Waals surface area contributed by atoms with Crippen LogP contribution in [-0.4, -0.2) is 70.6 Å². The molecule has 2 saturated heterocycles. The molecule has 2 aliphatic rings. The van der Waals surface area contributed by atoms with Gasteiger partial charge in [0.2, 0.25) is 5.91 Å². The third-order valence-corrected chi connectivity index (χ3v) is 6.85. The van der Waals surface area contributed by atoms with Gasteiger partial charge in [-0.15, -0.1) is 0 Å². The second-order valence-corrected chi connectivity index (χ2v) is 8.91. The number of thiocarbonyl (C=S) groups is 1. The normalized spacial score (nSPS) is 23.4. The molecule has 0 saturated carbocycles. The van der Waals surface area contributed by atoms with Crippen LogP contribution < -0.4 is 14.8 Å². The van der Waals surface area contributed by atoms with Gasteiger partial charge in [-0.3, -0.25) is 14.5 Å². The minimum absolute atomic E-state index is 0.171. The molecule has 0 aromatic heterocycles. The number of carbonyl (C=O) groups excluding carboxylic acids is 2. The van der Waals surface area contributed by atoms with E-state index in [0.717, 1.165) is 11.8 Å². The number of carbonyl (C=O) groups is 2. The van der Waals surface area contributed by atoms with E-state index in [1.807, 2.05) is 0 Å². The van der Waals surface area contributed by atoms with Crippen LogP contribution in [0, 0.1) is 0 Å². The van der Waals surface area contributed by atoms with Crippen LogP contribution in [0.5, 0.6) is 11.5 Å². The van der Waals surface area contributed by atoms with E-state index >= 15 is 0 Å². The lowest BCUT2D eigenvalue weighted by molar-refractivity contribution is -0.129. The van der Waals surface area contributed by atoms with E-state index in [4.69, 9.17) is 21.7 Å². The number of rotatable bonds is 6. The fourth-order valence-electron chi connectivity index (χ4n) is 2.79. The zero-order chi connectivity index (χ0) is 20.3. The molecule has 10 heteroatoms. The Morgan fingerprint density at radius 3 is 2.82 bits per heavy atom. The Labute approximate surface area is 176 Å². The van der Waals surface area contributed by atoms with E-state index in [2.05, 4.69) is 5.32 Å². The van der Waals surface area contributed by atoms with Crippen LogP contribution in [0.1, 0.15) is 5.56 Å². The van der Waals surface area contributed by atoms with Crippen molar-refractivity contribution in [1.82, 2.24) is 10.2 Å². The topological polar surface area (TPSA) is 88.1 Å². The first-order valence-corrected chi connectivity index (χ1v) is 10.8. The second-order valence-electron chi connectivity index (χ2n) is 6.15. The number of aliphatic hydroxyl groups is 1. The lowest BCUT2D eigenvalue weighted by atomic mass is 10.1. The molecule has 2 aliphatic heterocycles. The van der Waals surface area contributed by atoms with Crippen LogP contribution in [0.3, 0.4) is 0 Å². The van der Waals surface area contributed by atoms with E-state index in [1.54, 1.807) is 43.1 Å². The summed E-state index contributed by atoms with van der Waals surface area (Å²) in [5.74, 6) is 1.79. The van der Waals surface area contributed by atoms with Crippen molar-refractivity contribution in [1.29, 1.82) is 0 Å². The van der Waals surface area contributed by atoms with Crippen LogP contribution in [0.25, 0.3) is 6.08 Å². The molecule has 2 heterocycles. The summed E-state index contributed by atoms with van der Waals surface area (Å²) in [5, 5.41) is 12.6. The standard InChI is InChI=1S/C18H20N2O5S3/c1-24-11-4-3-10(14(6-11)25-2)5-15-17(23)20(18(26)28-15)7-16(22)19-12-8-27-9-13(12)21/h3-6,12-13,21H,7-9H2,1-2H3,(H,19,22)/b15-5+/t12-,13-/m1/s1. The zero-order valence-electron chi connectivity index (χ0n) is 15.3. The Hall–Kier alpha value is -1.75. The van der Waals surface area contributed by atoms with Gasteiger partial charge in [0.25, 0.3) is 5.91 Å². The van der Waals surface area contributed by atoms with Crippen LogP contribution in [-0.2, 0) is 9.59 Å². The van der Waals surface area contributed by atoms with Gasteiger partial charge in [0.05, 0.1) is 31.3 Å². The third-order valence-electron chi connectivity index (χ3n) is 4.30. The number of amides is 2. The highest BCUT2D eigenvalue weighted by Gasteiger charge is 2.35. The summed E-state index contributed by atoms with van der Waals surface area (Å²) in [5.41, 5.74) is 0.708. The highest BCUT2D eigenvalue weighted by Crippen LogP contribution is 2.35. The summed E-state index contributed by atoms with van der Waals surface area (Å²) in [7, 11) is 3.10. The molecule has 2 fully saturated rings. The smallest absolute Gasteiger partial charge is 0.266 e. The maximum absolute atomic E-state index is 12.7. The summed E-state index contributed by atoms with van der Waals surface area (Å²) in [4.78, 5) is 26.7. The fourth-order valence-corrected chi connectivity index (χ4v) is 5.21. The summed E-state index contributed by atoms with van der Waals surface area (Å²) >= 11 is 8.00. The molecule has 2 amide bonds. The number of aliphatic hydroxyl groups excluding tert-OH is 1. The van der Waals surface area contributed by atoms with Gasteiger partial charge in [-0.2, -0.15) is 11.8 Å². The number of nitrogens with zero attached hydrogens (tertiary/aromatic N) is 1. The number of nitrogens with one attached hydrogen (secondary N) is 1. The summed E-state index contributed by atoms with van der Waals surface area (Å²) < 4.78 is 10.9.